The number of aromatic nitrogens is 2. The molecule has 0 bridgehead atoms. The summed E-state index contributed by atoms with van der Waals surface area (Å²) < 4.78 is 9.31. The van der Waals surface area contributed by atoms with Gasteiger partial charge in [-0.2, -0.15) is 0 Å². The van der Waals surface area contributed by atoms with Crippen LogP contribution in [0.25, 0.3) is 39.5 Å². The van der Waals surface area contributed by atoms with E-state index in [1.165, 1.54) is 66.8 Å². The molecule has 5 aromatic rings. The summed E-state index contributed by atoms with van der Waals surface area (Å²) in [7, 11) is 0. The van der Waals surface area contributed by atoms with Crippen molar-refractivity contribution in [3.8, 4) is 17.0 Å². The number of nitrogens with two attached hydrogens (primary N) is 1. The number of rotatable bonds is 7. The highest BCUT2D eigenvalue weighted by Crippen LogP contribution is 2.49. The SMILES string of the molecule is Cc1c2c(cc(C3=NCCC=C3)c1C(C)/C=C\C=C/N)C1C=C(n3c4c(c5ccccc53)C=C(c3ccccc3-c3ccccn3)CC4)C=CC1O2. The molecule has 2 aliphatic heterocycles. The van der Waals surface area contributed by atoms with Gasteiger partial charge in [0.05, 0.1) is 16.9 Å². The normalized spacial score (nSPS) is 19.6. The number of pyridine rings is 1. The van der Waals surface area contributed by atoms with Crippen LogP contribution >= 0.6 is 0 Å². The van der Waals surface area contributed by atoms with Crippen LogP contribution in [0, 0.1) is 6.92 Å². The second kappa shape index (κ2) is 13.3. The summed E-state index contributed by atoms with van der Waals surface area (Å²) in [6.07, 6.45) is 26.2. The number of hydrogen-bond acceptors (Lipinski definition) is 4. The quantitative estimate of drug-likeness (QED) is 0.174. The van der Waals surface area contributed by atoms with Gasteiger partial charge in [-0.3, -0.25) is 9.98 Å². The van der Waals surface area contributed by atoms with Crippen molar-refractivity contribution in [1.29, 1.82) is 0 Å². The Morgan fingerprint density at radius 3 is 2.62 bits per heavy atom. The lowest BCUT2D eigenvalue weighted by atomic mass is 9.82. The van der Waals surface area contributed by atoms with Crippen LogP contribution in [0.4, 0.5) is 0 Å². The third-order valence-corrected chi connectivity index (χ3v) is 11.0. The minimum atomic E-state index is -0.0531. The Bertz CT molecular complexity index is 2430. The lowest BCUT2D eigenvalue weighted by Gasteiger charge is -2.23. The van der Waals surface area contributed by atoms with E-state index >= 15 is 0 Å². The molecule has 0 radical (unpaired) electrons. The highest BCUT2D eigenvalue weighted by molar-refractivity contribution is 6.11. The van der Waals surface area contributed by atoms with Crippen molar-refractivity contribution < 1.29 is 4.74 Å². The fraction of sp³-hybridized carbons (Fsp3) is 0.191. The molecule has 4 heterocycles. The van der Waals surface area contributed by atoms with E-state index in [1.54, 1.807) is 6.20 Å². The van der Waals surface area contributed by atoms with Crippen molar-refractivity contribution >= 4 is 34.0 Å². The van der Waals surface area contributed by atoms with E-state index < -0.39 is 0 Å². The predicted octanol–water partition coefficient (Wildman–Crippen LogP) is 10.3. The van der Waals surface area contributed by atoms with Crippen LogP contribution in [0.2, 0.25) is 0 Å². The molecule has 0 spiro atoms. The lowest BCUT2D eigenvalue weighted by Crippen LogP contribution is -2.19. The molecule has 2 aromatic heterocycles. The van der Waals surface area contributed by atoms with Crippen molar-refractivity contribution in [2.75, 3.05) is 6.54 Å². The van der Waals surface area contributed by atoms with Gasteiger partial charge in [-0.05, 0) is 115 Å². The van der Waals surface area contributed by atoms with Crippen molar-refractivity contribution in [2.24, 2.45) is 10.7 Å². The van der Waals surface area contributed by atoms with Crippen molar-refractivity contribution in [2.45, 2.75) is 51.0 Å². The number of benzene rings is 3. The monoisotopic (exact) mass is 678 g/mol. The molecule has 4 aliphatic rings. The molecule has 2 aliphatic carbocycles. The van der Waals surface area contributed by atoms with E-state index in [2.05, 4.69) is 128 Å². The van der Waals surface area contributed by atoms with E-state index in [0.717, 1.165) is 43.0 Å². The molecule has 3 unspecified atom stereocenters. The molecule has 52 heavy (non-hydrogen) atoms. The predicted molar refractivity (Wildman–Crippen MR) is 216 cm³/mol. The third-order valence-electron chi connectivity index (χ3n) is 11.0. The van der Waals surface area contributed by atoms with Crippen LogP contribution in [-0.4, -0.2) is 27.9 Å². The fourth-order valence-electron chi connectivity index (χ4n) is 8.67. The van der Waals surface area contributed by atoms with Gasteiger partial charge >= 0.3 is 0 Å². The number of hydrogen-bond donors (Lipinski definition) is 1. The summed E-state index contributed by atoms with van der Waals surface area (Å²) in [6.45, 7) is 5.27. The molecule has 3 aromatic carbocycles. The zero-order chi connectivity index (χ0) is 35.2. The molecule has 0 saturated carbocycles. The number of para-hydroxylation sites is 1. The summed E-state index contributed by atoms with van der Waals surface area (Å²) in [5.41, 5.74) is 21.5. The number of fused-ring (bicyclic) bond motifs is 6. The largest absolute Gasteiger partial charge is 0.485 e. The second-order valence-corrected chi connectivity index (χ2v) is 14.1. The van der Waals surface area contributed by atoms with E-state index in [1.807, 2.05) is 24.4 Å². The van der Waals surface area contributed by atoms with Gasteiger partial charge < -0.3 is 15.0 Å². The van der Waals surface area contributed by atoms with Gasteiger partial charge in [-0.15, -0.1) is 0 Å². The van der Waals surface area contributed by atoms with E-state index in [0.29, 0.717) is 0 Å². The van der Waals surface area contributed by atoms with Gasteiger partial charge in [-0.25, -0.2) is 0 Å². The minimum Gasteiger partial charge on any atom is -0.485 e. The van der Waals surface area contributed by atoms with E-state index in [-0.39, 0.29) is 17.9 Å². The van der Waals surface area contributed by atoms with Gasteiger partial charge in [-0.1, -0.05) is 73.7 Å². The van der Waals surface area contributed by atoms with Gasteiger partial charge in [0.15, 0.2) is 0 Å². The molecule has 256 valence electrons. The van der Waals surface area contributed by atoms with E-state index in [4.69, 9.17) is 20.4 Å². The summed E-state index contributed by atoms with van der Waals surface area (Å²) in [5.74, 6) is 1.26. The Hall–Kier alpha value is -5.94. The Morgan fingerprint density at radius 2 is 1.79 bits per heavy atom. The number of dihydropyridines is 1. The summed E-state index contributed by atoms with van der Waals surface area (Å²) in [5, 5.41) is 1.28. The molecule has 5 nitrogen and oxygen atoms in total. The van der Waals surface area contributed by atoms with Crippen LogP contribution in [-0.2, 0) is 6.42 Å². The smallest absolute Gasteiger partial charge is 0.128 e. The molecule has 0 saturated heterocycles. The Balaban J connectivity index is 1.15. The fourth-order valence-corrected chi connectivity index (χ4v) is 8.67. The molecule has 0 amide bonds. The molecule has 5 heteroatoms. The van der Waals surface area contributed by atoms with Gasteiger partial charge in [0.25, 0.3) is 0 Å². The number of nitrogens with zero attached hydrogens (tertiary/aromatic N) is 3. The summed E-state index contributed by atoms with van der Waals surface area (Å²) >= 11 is 0. The highest BCUT2D eigenvalue weighted by atomic mass is 16.5. The zero-order valence-corrected chi connectivity index (χ0v) is 29.7. The van der Waals surface area contributed by atoms with Crippen LogP contribution in [0.1, 0.15) is 70.7 Å². The highest BCUT2D eigenvalue weighted by Gasteiger charge is 2.38. The minimum absolute atomic E-state index is 0.0531. The first-order valence-corrected chi connectivity index (χ1v) is 18.4. The van der Waals surface area contributed by atoms with Crippen LogP contribution in [0.5, 0.6) is 5.75 Å². The van der Waals surface area contributed by atoms with Gasteiger partial charge in [0.1, 0.15) is 11.9 Å². The standard InChI is InChI=1S/C47H42N4O/c1-30(13-7-10-24-48)46-31(2)47-39(29-40(46)42-18-9-12-26-50-42)38-28-33(21-23-45(38)52-47)51-43-19-6-5-16-36(43)37-27-32(20-22-44(37)51)34-14-3-4-15-35(34)41-17-8-11-25-49-41/h3-11,13-19,21,23-25,27-30,38,45H,12,20,22,26,48H2,1-2H3/b13-7-,24-10-. The Labute approximate surface area is 305 Å². The Kier molecular flexibility index (Phi) is 8.19. The van der Waals surface area contributed by atoms with Gasteiger partial charge in [0, 0.05) is 63.6 Å². The van der Waals surface area contributed by atoms with Crippen LogP contribution < -0.4 is 10.5 Å². The molecular weight excluding hydrogens is 637 g/mol. The van der Waals surface area contributed by atoms with Crippen molar-refractivity contribution in [3.63, 3.8) is 0 Å². The Morgan fingerprint density at radius 1 is 0.942 bits per heavy atom. The second-order valence-electron chi connectivity index (χ2n) is 14.1. The maximum atomic E-state index is 6.81. The first-order chi connectivity index (χ1) is 25.6. The number of allylic oxidation sites excluding steroid dienone is 7. The van der Waals surface area contributed by atoms with Crippen LogP contribution in [0.3, 0.4) is 0 Å². The lowest BCUT2D eigenvalue weighted by molar-refractivity contribution is 0.267. The van der Waals surface area contributed by atoms with Crippen molar-refractivity contribution in [1.82, 2.24) is 9.55 Å². The van der Waals surface area contributed by atoms with Crippen molar-refractivity contribution in [3.05, 3.63) is 173 Å². The summed E-state index contributed by atoms with van der Waals surface area (Å²) in [4.78, 5) is 9.68. The first-order valence-electron chi connectivity index (χ1n) is 18.4. The molecular formula is C47H42N4O. The third kappa shape index (κ3) is 5.39. The van der Waals surface area contributed by atoms with E-state index in [9.17, 15) is 0 Å². The average molecular weight is 679 g/mol. The molecule has 9 rings (SSSR count). The molecule has 0 fully saturated rings. The number of aliphatic imine (C=N–C) groups is 1. The van der Waals surface area contributed by atoms with Crippen LogP contribution in [0.15, 0.2) is 139 Å². The summed E-state index contributed by atoms with van der Waals surface area (Å²) in [6, 6.07) is 26.0. The zero-order valence-electron chi connectivity index (χ0n) is 29.7. The first kappa shape index (κ1) is 32.0. The maximum Gasteiger partial charge on any atom is 0.128 e. The van der Waals surface area contributed by atoms with Gasteiger partial charge in [0.2, 0.25) is 0 Å². The maximum absolute atomic E-state index is 6.81. The average Bonchev–Trinajstić information content (AvgIpc) is 3.74. The molecule has 3 atom stereocenters. The topological polar surface area (TPSA) is 65.4 Å². The number of ether oxygens (including phenoxy) is 1. The molecule has 2 N–H and O–H groups in total.